The van der Waals surface area contributed by atoms with Crippen LogP contribution in [0.15, 0.2) is 10.3 Å². The van der Waals surface area contributed by atoms with Gasteiger partial charge in [-0.1, -0.05) is 20.8 Å². The third-order valence-electron chi connectivity index (χ3n) is 2.70. The van der Waals surface area contributed by atoms with E-state index in [0.717, 1.165) is 10.4 Å². The Labute approximate surface area is 120 Å². The van der Waals surface area contributed by atoms with Gasteiger partial charge in [0.2, 0.25) is 0 Å². The van der Waals surface area contributed by atoms with Crippen molar-refractivity contribution in [3.8, 4) is 0 Å². The van der Waals surface area contributed by atoms with Crippen LogP contribution < -0.4 is 5.32 Å². The zero-order valence-corrected chi connectivity index (χ0v) is 14.2. The SMILES string of the molecule is CNCc1sc(S(=O)(=O)N(C)CC(C)(C)C)cc1C. The first-order valence-corrected chi connectivity index (χ1v) is 8.54. The monoisotopic (exact) mass is 304 g/mol. The van der Waals surface area contributed by atoms with E-state index in [4.69, 9.17) is 0 Å². The van der Waals surface area contributed by atoms with Gasteiger partial charge < -0.3 is 5.32 Å². The van der Waals surface area contributed by atoms with E-state index in [1.54, 1.807) is 13.1 Å². The van der Waals surface area contributed by atoms with E-state index in [1.165, 1.54) is 15.6 Å². The molecule has 0 unspecified atom stereocenters. The molecule has 0 aliphatic carbocycles. The van der Waals surface area contributed by atoms with Crippen molar-refractivity contribution in [2.75, 3.05) is 20.6 Å². The Bertz CT molecular complexity index is 527. The first-order chi connectivity index (χ1) is 8.58. The smallest absolute Gasteiger partial charge is 0.252 e. The van der Waals surface area contributed by atoms with Crippen LogP contribution in [0.2, 0.25) is 0 Å². The average molecular weight is 304 g/mol. The van der Waals surface area contributed by atoms with E-state index < -0.39 is 10.0 Å². The molecule has 0 saturated heterocycles. The molecule has 1 rings (SSSR count). The van der Waals surface area contributed by atoms with Crippen LogP contribution in [0.25, 0.3) is 0 Å². The van der Waals surface area contributed by atoms with Crippen LogP contribution >= 0.6 is 11.3 Å². The lowest BCUT2D eigenvalue weighted by atomic mass is 9.97. The first kappa shape index (κ1) is 16.6. The highest BCUT2D eigenvalue weighted by atomic mass is 32.2. The fourth-order valence-corrected chi connectivity index (χ4v) is 5.07. The highest BCUT2D eigenvalue weighted by Crippen LogP contribution is 2.29. The van der Waals surface area contributed by atoms with Crippen LogP contribution in [0.1, 0.15) is 31.2 Å². The lowest BCUT2D eigenvalue weighted by molar-refractivity contribution is 0.311. The van der Waals surface area contributed by atoms with Crippen LogP contribution in [0.4, 0.5) is 0 Å². The third kappa shape index (κ3) is 4.27. The Hall–Kier alpha value is -0.430. The van der Waals surface area contributed by atoms with Crippen molar-refractivity contribution in [1.82, 2.24) is 9.62 Å². The summed E-state index contributed by atoms with van der Waals surface area (Å²) in [7, 11) is 0.138. The quantitative estimate of drug-likeness (QED) is 0.909. The predicted molar refractivity (Wildman–Crippen MR) is 81.1 cm³/mol. The number of rotatable bonds is 5. The van der Waals surface area contributed by atoms with Crippen LogP contribution in [0, 0.1) is 12.3 Å². The topological polar surface area (TPSA) is 49.4 Å². The molecule has 0 atom stereocenters. The minimum atomic E-state index is -3.37. The minimum Gasteiger partial charge on any atom is -0.315 e. The second-order valence-electron chi connectivity index (χ2n) is 6.02. The van der Waals surface area contributed by atoms with Crippen LogP contribution in [0.5, 0.6) is 0 Å². The Kier molecular flexibility index (Phi) is 5.17. The molecule has 0 aliphatic heterocycles. The molecule has 110 valence electrons. The summed E-state index contributed by atoms with van der Waals surface area (Å²) in [6.45, 7) is 9.26. The summed E-state index contributed by atoms with van der Waals surface area (Å²) in [6, 6.07) is 1.77. The van der Waals surface area contributed by atoms with Gasteiger partial charge in [0.15, 0.2) is 0 Å². The zero-order chi connectivity index (χ0) is 14.8. The number of thiophene rings is 1. The van der Waals surface area contributed by atoms with Crippen LogP contribution in [-0.2, 0) is 16.6 Å². The summed E-state index contributed by atoms with van der Waals surface area (Å²) in [4.78, 5) is 1.07. The van der Waals surface area contributed by atoms with Crippen LogP contribution in [-0.4, -0.2) is 33.4 Å². The molecular weight excluding hydrogens is 280 g/mol. The number of hydrogen-bond acceptors (Lipinski definition) is 4. The number of sulfonamides is 1. The molecule has 4 nitrogen and oxygen atoms in total. The molecule has 0 bridgehead atoms. The van der Waals surface area contributed by atoms with Gasteiger partial charge in [0.25, 0.3) is 10.0 Å². The van der Waals surface area contributed by atoms with Gasteiger partial charge >= 0.3 is 0 Å². The van der Waals surface area contributed by atoms with Gasteiger partial charge in [-0.25, -0.2) is 8.42 Å². The van der Waals surface area contributed by atoms with Gasteiger partial charge in [0.1, 0.15) is 4.21 Å². The van der Waals surface area contributed by atoms with Crippen molar-refractivity contribution in [1.29, 1.82) is 0 Å². The molecule has 1 aromatic rings. The Balaban J connectivity index is 3.03. The van der Waals surface area contributed by atoms with E-state index in [1.807, 2.05) is 34.7 Å². The summed E-state index contributed by atoms with van der Waals surface area (Å²) in [6.07, 6.45) is 0. The summed E-state index contributed by atoms with van der Waals surface area (Å²) < 4.78 is 26.9. The molecule has 0 saturated carbocycles. The number of nitrogens with zero attached hydrogens (tertiary/aromatic N) is 1. The van der Waals surface area contributed by atoms with Gasteiger partial charge in [-0.2, -0.15) is 4.31 Å². The minimum absolute atomic E-state index is 0.0536. The normalized spacial score (nSPS) is 13.2. The van der Waals surface area contributed by atoms with Gasteiger partial charge in [0, 0.05) is 25.0 Å². The molecule has 1 N–H and O–H groups in total. The van der Waals surface area contributed by atoms with Gasteiger partial charge in [0.05, 0.1) is 0 Å². The van der Waals surface area contributed by atoms with Gasteiger partial charge in [-0.05, 0) is 31.0 Å². The molecule has 0 fully saturated rings. The lowest BCUT2D eigenvalue weighted by Gasteiger charge is -2.25. The molecule has 1 aromatic heterocycles. The average Bonchev–Trinajstić information content (AvgIpc) is 2.59. The third-order valence-corrected chi connectivity index (χ3v) is 6.19. The molecule has 19 heavy (non-hydrogen) atoms. The second-order valence-corrected chi connectivity index (χ2v) is 9.43. The van der Waals surface area contributed by atoms with Crippen molar-refractivity contribution in [2.45, 2.75) is 38.4 Å². The molecule has 6 heteroatoms. The summed E-state index contributed by atoms with van der Waals surface area (Å²) in [5, 5.41) is 3.06. The maximum absolute atomic E-state index is 12.5. The Morgan fingerprint density at radius 1 is 1.37 bits per heavy atom. The van der Waals surface area contributed by atoms with Gasteiger partial charge in [-0.3, -0.25) is 0 Å². The standard InChI is InChI=1S/C13H24N2O2S2/c1-10-7-12(18-11(10)8-14-5)19(16,17)15(6)9-13(2,3)4/h7,14H,8-9H2,1-6H3. The maximum atomic E-state index is 12.5. The molecule has 1 heterocycles. The predicted octanol–water partition coefficient (Wildman–Crippen LogP) is 2.44. The van der Waals surface area contributed by atoms with E-state index in [0.29, 0.717) is 17.3 Å². The molecule has 0 spiro atoms. The zero-order valence-electron chi connectivity index (χ0n) is 12.6. The fourth-order valence-electron chi connectivity index (χ4n) is 1.86. The van der Waals surface area contributed by atoms with Gasteiger partial charge in [-0.15, -0.1) is 11.3 Å². The highest BCUT2D eigenvalue weighted by Gasteiger charge is 2.27. The lowest BCUT2D eigenvalue weighted by Crippen LogP contribution is -2.34. The summed E-state index contributed by atoms with van der Waals surface area (Å²) >= 11 is 1.35. The molecule has 0 aromatic carbocycles. The Morgan fingerprint density at radius 3 is 2.42 bits per heavy atom. The van der Waals surface area contributed by atoms with Crippen molar-refractivity contribution in [3.63, 3.8) is 0 Å². The Morgan fingerprint density at radius 2 is 1.95 bits per heavy atom. The van der Waals surface area contributed by atoms with Crippen molar-refractivity contribution >= 4 is 21.4 Å². The number of aryl methyl sites for hydroxylation is 1. The summed E-state index contributed by atoms with van der Waals surface area (Å²) in [5.41, 5.74) is 0.976. The van der Waals surface area contributed by atoms with E-state index >= 15 is 0 Å². The largest absolute Gasteiger partial charge is 0.315 e. The maximum Gasteiger partial charge on any atom is 0.252 e. The highest BCUT2D eigenvalue weighted by molar-refractivity contribution is 7.91. The second kappa shape index (κ2) is 5.91. The summed E-state index contributed by atoms with van der Waals surface area (Å²) in [5.74, 6) is 0. The molecule has 0 amide bonds. The molecule has 0 aliphatic rings. The first-order valence-electron chi connectivity index (χ1n) is 6.28. The van der Waals surface area contributed by atoms with E-state index in [9.17, 15) is 8.42 Å². The van der Waals surface area contributed by atoms with Crippen LogP contribution in [0.3, 0.4) is 0 Å². The number of nitrogens with one attached hydrogen (secondary N) is 1. The van der Waals surface area contributed by atoms with Crippen molar-refractivity contribution in [3.05, 3.63) is 16.5 Å². The fraction of sp³-hybridized carbons (Fsp3) is 0.692. The van der Waals surface area contributed by atoms with Crippen molar-refractivity contribution < 1.29 is 8.42 Å². The van der Waals surface area contributed by atoms with E-state index in [2.05, 4.69) is 5.32 Å². The number of hydrogen-bond donors (Lipinski definition) is 1. The van der Waals surface area contributed by atoms with E-state index in [-0.39, 0.29) is 5.41 Å². The molecule has 0 radical (unpaired) electrons. The van der Waals surface area contributed by atoms with Crippen molar-refractivity contribution in [2.24, 2.45) is 5.41 Å². The molecular formula is C13H24N2O2S2.